The molecule has 1 fully saturated rings. The number of fused-ring (bicyclic) bond motifs is 1. The number of halogens is 3. The minimum absolute atomic E-state index is 0.0589. The largest absolute Gasteiger partial charge is 0.490 e. The summed E-state index contributed by atoms with van der Waals surface area (Å²) in [5, 5.41) is 0.949. The molecule has 7 nitrogen and oxygen atoms in total. The summed E-state index contributed by atoms with van der Waals surface area (Å²) in [6, 6.07) is 10.0. The smallest absolute Gasteiger partial charge is 0.458 e. The van der Waals surface area contributed by atoms with Crippen LogP contribution in [0.2, 0.25) is 0 Å². The van der Waals surface area contributed by atoms with Crippen molar-refractivity contribution in [2.24, 2.45) is 0 Å². The van der Waals surface area contributed by atoms with Crippen LogP contribution in [0.1, 0.15) is 24.5 Å². The summed E-state index contributed by atoms with van der Waals surface area (Å²) in [4.78, 5) is 18.3. The zero-order valence-corrected chi connectivity index (χ0v) is 16.9. The number of aromatic nitrogens is 2. The third-order valence-electron chi connectivity index (χ3n) is 4.90. The minimum atomic E-state index is -5.12. The molecule has 0 saturated heterocycles. The van der Waals surface area contributed by atoms with E-state index in [9.17, 15) is 26.4 Å². The van der Waals surface area contributed by atoms with Crippen LogP contribution in [-0.4, -0.2) is 43.7 Å². The molecule has 0 bridgehead atoms. The molecule has 31 heavy (non-hydrogen) atoms. The van der Waals surface area contributed by atoms with Crippen LogP contribution in [0.25, 0.3) is 22.2 Å². The SMILES string of the molecule is O=C(OCCNS(=O)(=O)c1ccc(-c2ccnc3[nH]c(C4CC4)cc23)cc1)C(F)(F)F. The number of sulfonamides is 1. The Bertz CT molecular complexity index is 1220. The summed E-state index contributed by atoms with van der Waals surface area (Å²) in [7, 11) is -3.98. The van der Waals surface area contributed by atoms with E-state index in [0.29, 0.717) is 5.92 Å². The van der Waals surface area contributed by atoms with Crippen molar-refractivity contribution in [3.05, 3.63) is 48.3 Å². The van der Waals surface area contributed by atoms with Crippen molar-refractivity contribution >= 4 is 27.0 Å². The summed E-state index contributed by atoms with van der Waals surface area (Å²) in [5.41, 5.74) is 3.62. The first kappa shape index (κ1) is 21.3. The number of aromatic amines is 1. The van der Waals surface area contributed by atoms with Gasteiger partial charge in [-0.15, -0.1) is 0 Å². The van der Waals surface area contributed by atoms with Crippen LogP contribution in [0.4, 0.5) is 13.2 Å². The fraction of sp³-hybridized carbons (Fsp3) is 0.300. The van der Waals surface area contributed by atoms with E-state index in [1.165, 1.54) is 12.1 Å². The molecule has 1 aromatic carbocycles. The maximum atomic E-state index is 12.3. The van der Waals surface area contributed by atoms with Crippen molar-refractivity contribution in [2.45, 2.75) is 29.8 Å². The number of nitrogens with one attached hydrogen (secondary N) is 2. The first-order valence-corrected chi connectivity index (χ1v) is 10.9. The van der Waals surface area contributed by atoms with Crippen molar-refractivity contribution in [3.8, 4) is 11.1 Å². The third-order valence-corrected chi connectivity index (χ3v) is 6.38. The zero-order chi connectivity index (χ0) is 22.2. The number of nitrogens with zero attached hydrogens (tertiary/aromatic N) is 1. The summed E-state index contributed by atoms with van der Waals surface area (Å²) in [5.74, 6) is -1.83. The highest BCUT2D eigenvalue weighted by molar-refractivity contribution is 7.89. The van der Waals surface area contributed by atoms with Gasteiger partial charge in [0.1, 0.15) is 12.3 Å². The topological polar surface area (TPSA) is 101 Å². The molecule has 0 aliphatic heterocycles. The molecule has 164 valence electrons. The molecule has 1 aliphatic rings. The van der Waals surface area contributed by atoms with E-state index in [2.05, 4.69) is 25.5 Å². The maximum Gasteiger partial charge on any atom is 0.490 e. The van der Waals surface area contributed by atoms with Gasteiger partial charge in [0.15, 0.2) is 0 Å². The molecule has 4 rings (SSSR count). The highest BCUT2D eigenvalue weighted by Gasteiger charge is 2.40. The lowest BCUT2D eigenvalue weighted by atomic mass is 10.0. The molecular formula is C20H18F3N3O4S. The predicted molar refractivity (Wildman–Crippen MR) is 106 cm³/mol. The first-order valence-electron chi connectivity index (χ1n) is 9.47. The summed E-state index contributed by atoms with van der Waals surface area (Å²) in [6.07, 6.45) is -1.14. The Balaban J connectivity index is 1.45. The van der Waals surface area contributed by atoms with Gasteiger partial charge in [0.25, 0.3) is 0 Å². The number of rotatable bonds is 7. The number of hydrogen-bond donors (Lipinski definition) is 2. The van der Waals surface area contributed by atoms with Crippen molar-refractivity contribution in [1.29, 1.82) is 0 Å². The molecule has 2 N–H and O–H groups in total. The average molecular weight is 453 g/mol. The van der Waals surface area contributed by atoms with Gasteiger partial charge in [-0.1, -0.05) is 12.1 Å². The van der Waals surface area contributed by atoms with E-state index in [1.54, 1.807) is 18.3 Å². The van der Waals surface area contributed by atoms with Gasteiger partial charge < -0.3 is 9.72 Å². The molecular weight excluding hydrogens is 435 g/mol. The Morgan fingerprint density at radius 3 is 2.55 bits per heavy atom. The van der Waals surface area contributed by atoms with E-state index < -0.39 is 35.3 Å². The summed E-state index contributed by atoms with van der Waals surface area (Å²) < 4.78 is 67.0. The second kappa shape index (κ2) is 7.97. The highest BCUT2D eigenvalue weighted by atomic mass is 32.2. The molecule has 0 unspecified atom stereocenters. The number of alkyl halides is 3. The average Bonchev–Trinajstić information content (AvgIpc) is 3.48. The lowest BCUT2D eigenvalue weighted by molar-refractivity contribution is -0.199. The Morgan fingerprint density at radius 2 is 1.90 bits per heavy atom. The number of benzene rings is 1. The number of ether oxygens (including phenoxy) is 1. The quantitative estimate of drug-likeness (QED) is 0.421. The van der Waals surface area contributed by atoms with Crippen LogP contribution in [-0.2, 0) is 19.6 Å². The maximum absolute atomic E-state index is 12.3. The predicted octanol–water partition coefficient (Wildman–Crippen LogP) is 3.49. The van der Waals surface area contributed by atoms with E-state index in [-0.39, 0.29) is 4.90 Å². The summed E-state index contributed by atoms with van der Waals surface area (Å²) in [6.45, 7) is -1.22. The molecule has 1 saturated carbocycles. The van der Waals surface area contributed by atoms with Crippen LogP contribution in [0, 0.1) is 0 Å². The zero-order valence-electron chi connectivity index (χ0n) is 16.1. The van der Waals surface area contributed by atoms with Gasteiger partial charge in [0.2, 0.25) is 10.0 Å². The molecule has 2 heterocycles. The monoisotopic (exact) mass is 453 g/mol. The third kappa shape index (κ3) is 4.72. The Labute approximate surface area is 175 Å². The van der Waals surface area contributed by atoms with Crippen molar-refractivity contribution in [1.82, 2.24) is 14.7 Å². The van der Waals surface area contributed by atoms with Crippen LogP contribution < -0.4 is 4.72 Å². The van der Waals surface area contributed by atoms with Gasteiger partial charge in [-0.05, 0) is 54.2 Å². The molecule has 11 heteroatoms. The number of hydrogen-bond acceptors (Lipinski definition) is 5. The lowest BCUT2D eigenvalue weighted by Crippen LogP contribution is -2.31. The molecule has 0 amide bonds. The van der Waals surface area contributed by atoms with Crippen LogP contribution in [0.3, 0.4) is 0 Å². The Hall–Kier alpha value is -2.92. The molecule has 1 aliphatic carbocycles. The van der Waals surface area contributed by atoms with Crippen molar-refractivity contribution in [3.63, 3.8) is 0 Å². The van der Waals surface area contributed by atoms with Crippen molar-refractivity contribution < 1.29 is 31.1 Å². The number of H-pyrrole nitrogens is 1. The van der Waals surface area contributed by atoms with Crippen LogP contribution in [0.15, 0.2) is 47.5 Å². The minimum Gasteiger partial charge on any atom is -0.458 e. The van der Waals surface area contributed by atoms with Gasteiger partial charge >= 0.3 is 12.1 Å². The van der Waals surface area contributed by atoms with Gasteiger partial charge in [0.05, 0.1) is 4.90 Å². The van der Waals surface area contributed by atoms with Gasteiger partial charge in [0, 0.05) is 23.8 Å². The number of pyridine rings is 1. The van der Waals surface area contributed by atoms with Gasteiger partial charge in [-0.2, -0.15) is 13.2 Å². The molecule has 0 radical (unpaired) electrons. The molecule has 2 aromatic heterocycles. The van der Waals surface area contributed by atoms with E-state index in [0.717, 1.165) is 40.7 Å². The molecule has 3 aromatic rings. The standard InChI is InChI=1S/C20H18F3N3O4S/c21-20(22,23)19(27)30-10-9-25-31(28,29)14-5-3-12(4-6-14)15-7-8-24-18-16(15)11-17(26-18)13-1-2-13/h3-8,11,13,25H,1-2,9-10H2,(H,24,26). The number of carbonyl (C=O) groups is 1. The van der Waals surface area contributed by atoms with E-state index in [4.69, 9.17) is 0 Å². The van der Waals surface area contributed by atoms with E-state index in [1.807, 2.05) is 6.07 Å². The number of carbonyl (C=O) groups excluding carboxylic acids is 1. The van der Waals surface area contributed by atoms with Crippen LogP contribution >= 0.6 is 0 Å². The first-order chi connectivity index (χ1) is 14.6. The van der Waals surface area contributed by atoms with Gasteiger partial charge in [-0.25, -0.2) is 22.9 Å². The normalized spacial score (nSPS) is 14.7. The second-order valence-electron chi connectivity index (χ2n) is 7.18. The van der Waals surface area contributed by atoms with E-state index >= 15 is 0 Å². The summed E-state index contributed by atoms with van der Waals surface area (Å²) >= 11 is 0. The fourth-order valence-electron chi connectivity index (χ4n) is 3.21. The van der Waals surface area contributed by atoms with Crippen LogP contribution in [0.5, 0.6) is 0 Å². The molecule has 0 atom stereocenters. The lowest BCUT2D eigenvalue weighted by Gasteiger charge is -2.10. The van der Waals surface area contributed by atoms with Gasteiger partial charge in [-0.3, -0.25) is 0 Å². The second-order valence-corrected chi connectivity index (χ2v) is 8.94. The fourth-order valence-corrected chi connectivity index (χ4v) is 4.22. The molecule has 0 spiro atoms. The highest BCUT2D eigenvalue weighted by Crippen LogP contribution is 2.41. The Morgan fingerprint density at radius 1 is 1.19 bits per heavy atom. The van der Waals surface area contributed by atoms with Crippen molar-refractivity contribution in [2.75, 3.05) is 13.2 Å². The number of esters is 1. The Kier molecular flexibility index (Phi) is 5.48.